The lowest BCUT2D eigenvalue weighted by atomic mass is 9.99. The zero-order chi connectivity index (χ0) is 13.4. The van der Waals surface area contributed by atoms with Gasteiger partial charge < -0.3 is 0 Å². The van der Waals surface area contributed by atoms with E-state index >= 15 is 0 Å². The Balaban J connectivity index is 2.11. The molecule has 3 rings (SSSR count). The van der Waals surface area contributed by atoms with Gasteiger partial charge >= 0.3 is 0 Å². The van der Waals surface area contributed by atoms with Gasteiger partial charge in [-0.1, -0.05) is 43.0 Å². The molecule has 3 aromatic rings. The van der Waals surface area contributed by atoms with Gasteiger partial charge in [-0.05, 0) is 51.4 Å². The van der Waals surface area contributed by atoms with Crippen LogP contribution in [0.3, 0.4) is 0 Å². The first kappa shape index (κ1) is 12.4. The van der Waals surface area contributed by atoms with E-state index in [0.717, 1.165) is 25.9 Å². The SMILES string of the molecule is C=C(c1ccccc1)c1ccc2c(I)nn(C)c2c1. The molecule has 0 spiro atoms. The molecule has 0 aliphatic carbocycles. The van der Waals surface area contributed by atoms with E-state index in [-0.39, 0.29) is 0 Å². The standard InChI is InChI=1S/C16H13IN2/c1-11(12-6-4-3-5-7-12)13-8-9-14-15(10-13)19(2)18-16(14)17/h3-10H,1H2,2H3. The minimum Gasteiger partial charge on any atom is -0.267 e. The first-order valence-corrected chi connectivity index (χ1v) is 7.11. The Morgan fingerprint density at radius 1 is 1.11 bits per heavy atom. The van der Waals surface area contributed by atoms with E-state index in [4.69, 9.17) is 0 Å². The maximum Gasteiger partial charge on any atom is 0.131 e. The molecule has 0 amide bonds. The molecule has 2 aromatic carbocycles. The molecular weight excluding hydrogens is 347 g/mol. The molecule has 0 aliphatic rings. The third kappa shape index (κ3) is 2.18. The van der Waals surface area contributed by atoms with Crippen LogP contribution < -0.4 is 0 Å². The van der Waals surface area contributed by atoms with E-state index in [1.54, 1.807) is 0 Å². The molecule has 94 valence electrons. The van der Waals surface area contributed by atoms with Crippen LogP contribution in [0.5, 0.6) is 0 Å². The van der Waals surface area contributed by atoms with Gasteiger partial charge in [0.05, 0.1) is 5.52 Å². The van der Waals surface area contributed by atoms with Gasteiger partial charge in [-0.15, -0.1) is 0 Å². The number of hydrogen-bond donors (Lipinski definition) is 0. The molecule has 0 N–H and O–H groups in total. The van der Waals surface area contributed by atoms with Gasteiger partial charge in [-0.3, -0.25) is 4.68 Å². The first-order chi connectivity index (χ1) is 9.16. The lowest BCUT2D eigenvalue weighted by molar-refractivity contribution is 0.787. The van der Waals surface area contributed by atoms with E-state index in [0.29, 0.717) is 0 Å². The predicted molar refractivity (Wildman–Crippen MR) is 88.0 cm³/mol. The van der Waals surface area contributed by atoms with Crippen LogP contribution >= 0.6 is 22.6 Å². The predicted octanol–water partition coefficient (Wildman–Crippen LogP) is 4.24. The summed E-state index contributed by atoms with van der Waals surface area (Å²) in [6.07, 6.45) is 0. The van der Waals surface area contributed by atoms with Crippen molar-refractivity contribution in [3.05, 3.63) is 69.9 Å². The van der Waals surface area contributed by atoms with Crippen molar-refractivity contribution in [3.8, 4) is 0 Å². The van der Waals surface area contributed by atoms with Gasteiger partial charge in [0.25, 0.3) is 0 Å². The van der Waals surface area contributed by atoms with Crippen molar-refractivity contribution in [2.45, 2.75) is 0 Å². The highest BCUT2D eigenvalue weighted by atomic mass is 127. The van der Waals surface area contributed by atoms with Crippen molar-refractivity contribution in [1.29, 1.82) is 0 Å². The van der Waals surface area contributed by atoms with Crippen LogP contribution in [0.15, 0.2) is 55.1 Å². The zero-order valence-electron chi connectivity index (χ0n) is 10.6. The topological polar surface area (TPSA) is 17.8 Å². The average molecular weight is 360 g/mol. The van der Waals surface area contributed by atoms with Crippen LogP contribution in [-0.4, -0.2) is 9.78 Å². The highest BCUT2D eigenvalue weighted by molar-refractivity contribution is 14.1. The van der Waals surface area contributed by atoms with Crippen molar-refractivity contribution < 1.29 is 0 Å². The van der Waals surface area contributed by atoms with E-state index in [1.807, 2.05) is 29.9 Å². The first-order valence-electron chi connectivity index (χ1n) is 6.04. The second kappa shape index (κ2) is 4.81. The summed E-state index contributed by atoms with van der Waals surface area (Å²) in [4.78, 5) is 0. The number of nitrogens with zero attached hydrogens (tertiary/aromatic N) is 2. The van der Waals surface area contributed by atoms with Crippen LogP contribution in [0.2, 0.25) is 0 Å². The van der Waals surface area contributed by atoms with Crippen molar-refractivity contribution in [3.63, 3.8) is 0 Å². The van der Waals surface area contributed by atoms with Gasteiger partial charge in [-0.25, -0.2) is 0 Å². The Kier molecular flexibility index (Phi) is 3.14. The number of fused-ring (bicyclic) bond motifs is 1. The van der Waals surface area contributed by atoms with E-state index in [1.165, 1.54) is 5.39 Å². The Labute approximate surface area is 125 Å². The normalized spacial score (nSPS) is 10.8. The summed E-state index contributed by atoms with van der Waals surface area (Å²) in [5.74, 6) is 0. The van der Waals surface area contributed by atoms with E-state index in [2.05, 4.69) is 64.6 Å². The summed E-state index contributed by atoms with van der Waals surface area (Å²) >= 11 is 2.27. The fraction of sp³-hybridized carbons (Fsp3) is 0.0625. The fourth-order valence-corrected chi connectivity index (χ4v) is 2.99. The van der Waals surface area contributed by atoms with Gasteiger partial charge in [0.15, 0.2) is 0 Å². The van der Waals surface area contributed by atoms with E-state index < -0.39 is 0 Å². The minimum absolute atomic E-state index is 1.03. The number of halogens is 1. The minimum atomic E-state index is 1.03. The molecule has 0 bridgehead atoms. The molecule has 3 heteroatoms. The summed E-state index contributed by atoms with van der Waals surface area (Å²) in [6, 6.07) is 16.6. The third-order valence-electron chi connectivity index (χ3n) is 3.28. The molecule has 0 unspecified atom stereocenters. The molecule has 1 heterocycles. The summed E-state index contributed by atoms with van der Waals surface area (Å²) in [5, 5.41) is 5.62. The number of rotatable bonds is 2. The second-order valence-corrected chi connectivity index (χ2v) is 5.51. The number of aryl methyl sites for hydroxylation is 1. The Hall–Kier alpha value is -1.62. The number of hydrogen-bond acceptors (Lipinski definition) is 1. The maximum atomic E-state index is 4.44. The Morgan fingerprint density at radius 3 is 2.58 bits per heavy atom. The zero-order valence-corrected chi connectivity index (χ0v) is 12.8. The molecule has 19 heavy (non-hydrogen) atoms. The van der Waals surface area contributed by atoms with Crippen LogP contribution in [0.4, 0.5) is 0 Å². The smallest absolute Gasteiger partial charge is 0.131 e. The van der Waals surface area contributed by atoms with Crippen LogP contribution in [0.1, 0.15) is 11.1 Å². The van der Waals surface area contributed by atoms with Crippen molar-refractivity contribution in [2.24, 2.45) is 7.05 Å². The van der Waals surface area contributed by atoms with Gasteiger partial charge in [-0.2, -0.15) is 5.10 Å². The summed E-state index contributed by atoms with van der Waals surface area (Å²) < 4.78 is 2.95. The van der Waals surface area contributed by atoms with Gasteiger partial charge in [0, 0.05) is 12.4 Å². The maximum absolute atomic E-state index is 4.44. The van der Waals surface area contributed by atoms with Gasteiger partial charge in [0.2, 0.25) is 0 Å². The van der Waals surface area contributed by atoms with Crippen LogP contribution in [0.25, 0.3) is 16.5 Å². The van der Waals surface area contributed by atoms with Crippen molar-refractivity contribution in [1.82, 2.24) is 9.78 Å². The largest absolute Gasteiger partial charge is 0.267 e. The summed E-state index contributed by atoms with van der Waals surface area (Å²) in [7, 11) is 1.97. The van der Waals surface area contributed by atoms with E-state index in [9.17, 15) is 0 Å². The summed E-state index contributed by atoms with van der Waals surface area (Å²) in [5.41, 5.74) is 4.47. The molecular formula is C16H13IN2. The summed E-state index contributed by atoms with van der Waals surface area (Å²) in [6.45, 7) is 4.21. The molecule has 2 nitrogen and oxygen atoms in total. The van der Waals surface area contributed by atoms with Crippen LogP contribution in [-0.2, 0) is 7.05 Å². The highest BCUT2D eigenvalue weighted by Crippen LogP contribution is 2.26. The lowest BCUT2D eigenvalue weighted by Gasteiger charge is -2.06. The number of aromatic nitrogens is 2. The molecule has 1 aromatic heterocycles. The van der Waals surface area contributed by atoms with Crippen LogP contribution in [0, 0.1) is 3.70 Å². The Bertz CT molecular complexity index is 757. The molecule has 0 saturated carbocycles. The second-order valence-electron chi connectivity index (χ2n) is 4.49. The van der Waals surface area contributed by atoms with Crippen molar-refractivity contribution in [2.75, 3.05) is 0 Å². The third-order valence-corrected chi connectivity index (χ3v) is 4.07. The quantitative estimate of drug-likeness (QED) is 0.625. The van der Waals surface area contributed by atoms with Crippen molar-refractivity contribution >= 4 is 39.1 Å². The Morgan fingerprint density at radius 2 is 1.84 bits per heavy atom. The molecule has 0 saturated heterocycles. The molecule has 0 fully saturated rings. The lowest BCUT2D eigenvalue weighted by Crippen LogP contribution is -1.91. The van der Waals surface area contributed by atoms with Gasteiger partial charge in [0.1, 0.15) is 3.70 Å². The highest BCUT2D eigenvalue weighted by Gasteiger charge is 2.08. The molecule has 0 radical (unpaired) electrons. The number of benzene rings is 2. The average Bonchev–Trinajstić information content (AvgIpc) is 2.74. The fourth-order valence-electron chi connectivity index (χ4n) is 2.21. The monoisotopic (exact) mass is 360 g/mol. The molecule has 0 atom stereocenters. The molecule has 0 aliphatic heterocycles.